The second-order valence-electron chi connectivity index (χ2n) is 12.4. The molecule has 1 aromatic rings. The number of rotatable bonds is 4. The molecule has 5 nitrogen and oxygen atoms in total. The third kappa shape index (κ3) is 3.78. The van der Waals surface area contributed by atoms with E-state index in [1.165, 1.54) is 62.6 Å². The van der Waals surface area contributed by atoms with Crippen LogP contribution < -0.4 is 16.6 Å². The number of hydrogen-bond acceptors (Lipinski definition) is 5. The number of Topliss-reactive ketones (excluding diaryl/α,β-unsaturated/α-hetero) is 1. The maximum atomic E-state index is 13.6. The second-order valence-corrected chi connectivity index (χ2v) is 12.8. The van der Waals surface area contributed by atoms with Crippen LogP contribution >= 0.6 is 11.6 Å². The van der Waals surface area contributed by atoms with Gasteiger partial charge in [0.1, 0.15) is 5.82 Å². The Bertz CT molecular complexity index is 923. The molecule has 33 heavy (non-hydrogen) atoms. The highest BCUT2D eigenvalue weighted by atomic mass is 35.5. The van der Waals surface area contributed by atoms with Crippen LogP contribution in [0, 0.1) is 46.3 Å². The van der Waals surface area contributed by atoms with Crippen LogP contribution in [0.5, 0.6) is 0 Å². The van der Waals surface area contributed by atoms with Crippen LogP contribution in [-0.4, -0.2) is 17.3 Å². The first-order valence-electron chi connectivity index (χ1n) is 13.1. The Kier molecular flexibility index (Phi) is 5.96. The molecule has 0 aliphatic heterocycles. The molecule has 4 saturated carbocycles. The maximum absolute atomic E-state index is 13.6. The molecule has 6 heteroatoms. The molecule has 4 N–H and O–H groups in total. The highest BCUT2D eigenvalue weighted by molar-refractivity contribution is 6.30. The predicted octanol–water partition coefficient (Wildman–Crippen LogP) is 5.86. The standard InChI is InChI=1S/C27H41ClN4O/c1-16-8-10-26(2)17(12-16)4-5-19-20-6-7-22(27(20,3)11-9-21(19)26)24(33)15-32(30)23-13-18(28)14-31-25(23)29/h13-14,16-17,19-22H,4-12,15,30H2,1-3H3,(H2,29,31)/t16-,17?,19?,20?,21?,22?,26?,27?/m0/s1. The number of ketones is 1. The minimum atomic E-state index is 0.0831. The zero-order valence-electron chi connectivity index (χ0n) is 20.5. The summed E-state index contributed by atoms with van der Waals surface area (Å²) in [6, 6.07) is 1.69. The van der Waals surface area contributed by atoms with Crippen molar-refractivity contribution in [2.45, 2.75) is 78.6 Å². The third-order valence-electron chi connectivity index (χ3n) is 10.8. The summed E-state index contributed by atoms with van der Waals surface area (Å²) in [4.78, 5) is 17.6. The Balaban J connectivity index is 1.32. The van der Waals surface area contributed by atoms with Gasteiger partial charge in [-0.05, 0) is 97.9 Å². The van der Waals surface area contributed by atoms with Crippen molar-refractivity contribution < 1.29 is 4.79 Å². The minimum Gasteiger partial charge on any atom is -0.382 e. The monoisotopic (exact) mass is 472 g/mol. The van der Waals surface area contributed by atoms with Crippen molar-refractivity contribution in [3.8, 4) is 0 Å². The summed E-state index contributed by atoms with van der Waals surface area (Å²) in [5.74, 6) is 11.0. The molecular formula is C27H41ClN4O. The highest BCUT2D eigenvalue weighted by Crippen LogP contribution is 2.67. The van der Waals surface area contributed by atoms with Gasteiger partial charge < -0.3 is 5.73 Å². The number of pyridine rings is 1. The van der Waals surface area contributed by atoms with Crippen molar-refractivity contribution >= 4 is 28.9 Å². The molecule has 5 rings (SSSR count). The zero-order valence-corrected chi connectivity index (χ0v) is 21.3. The SMILES string of the molecule is C[C@H]1CCC2(C)C(CCC3C2CCC2(C)C(C(=O)CN(N)c4cc(Cl)cnc4N)CCC32)C1. The van der Waals surface area contributed by atoms with Crippen LogP contribution in [0.15, 0.2) is 12.3 Å². The first kappa shape index (κ1) is 23.4. The fourth-order valence-corrected chi connectivity index (χ4v) is 9.19. The lowest BCUT2D eigenvalue weighted by Crippen LogP contribution is -2.54. The van der Waals surface area contributed by atoms with Gasteiger partial charge in [0.15, 0.2) is 5.78 Å². The largest absolute Gasteiger partial charge is 0.382 e. The first-order valence-corrected chi connectivity index (χ1v) is 13.5. The Morgan fingerprint density at radius 2 is 1.85 bits per heavy atom. The summed E-state index contributed by atoms with van der Waals surface area (Å²) in [6.45, 7) is 7.64. The van der Waals surface area contributed by atoms with E-state index < -0.39 is 0 Å². The summed E-state index contributed by atoms with van der Waals surface area (Å²) in [5, 5.41) is 1.91. The van der Waals surface area contributed by atoms with Gasteiger partial charge in [-0.3, -0.25) is 9.80 Å². The average molecular weight is 473 g/mol. The first-order chi connectivity index (χ1) is 15.6. The Hall–Kier alpha value is -1.33. The van der Waals surface area contributed by atoms with Gasteiger partial charge in [-0.2, -0.15) is 0 Å². The number of anilines is 2. The number of hydrogen-bond donors (Lipinski definition) is 2. The minimum absolute atomic E-state index is 0.0831. The molecule has 8 atom stereocenters. The van der Waals surface area contributed by atoms with Crippen LogP contribution in [0.2, 0.25) is 5.02 Å². The molecule has 4 aliphatic rings. The van der Waals surface area contributed by atoms with E-state index in [2.05, 4.69) is 25.8 Å². The van der Waals surface area contributed by atoms with Crippen molar-refractivity contribution in [2.24, 2.45) is 52.2 Å². The number of aromatic nitrogens is 1. The molecule has 182 valence electrons. The molecule has 0 spiro atoms. The number of halogens is 1. The Morgan fingerprint density at radius 3 is 2.64 bits per heavy atom. The Labute approximate surface area is 204 Å². The van der Waals surface area contributed by atoms with E-state index in [1.807, 2.05) is 0 Å². The van der Waals surface area contributed by atoms with Crippen molar-refractivity contribution in [1.82, 2.24) is 4.98 Å². The molecule has 4 fully saturated rings. The van der Waals surface area contributed by atoms with E-state index >= 15 is 0 Å². The number of nitrogens with zero attached hydrogens (tertiary/aromatic N) is 2. The predicted molar refractivity (Wildman–Crippen MR) is 135 cm³/mol. The number of fused-ring (bicyclic) bond motifs is 5. The van der Waals surface area contributed by atoms with Gasteiger partial charge >= 0.3 is 0 Å². The van der Waals surface area contributed by atoms with Gasteiger partial charge in [-0.25, -0.2) is 10.8 Å². The van der Waals surface area contributed by atoms with Gasteiger partial charge in [-0.15, -0.1) is 0 Å². The van der Waals surface area contributed by atoms with Crippen LogP contribution in [-0.2, 0) is 4.79 Å². The average Bonchev–Trinajstić information content (AvgIpc) is 3.13. The van der Waals surface area contributed by atoms with E-state index in [0.29, 0.717) is 27.9 Å². The van der Waals surface area contributed by atoms with Crippen LogP contribution in [0.3, 0.4) is 0 Å². The van der Waals surface area contributed by atoms with E-state index in [0.717, 1.165) is 30.1 Å². The molecule has 7 unspecified atom stereocenters. The van der Waals surface area contributed by atoms with Gasteiger partial charge in [0.2, 0.25) is 0 Å². The Morgan fingerprint density at radius 1 is 1.12 bits per heavy atom. The van der Waals surface area contributed by atoms with Crippen molar-refractivity contribution in [3.63, 3.8) is 0 Å². The quantitative estimate of drug-likeness (QED) is 0.423. The molecule has 0 saturated heterocycles. The van der Waals surface area contributed by atoms with Crippen LogP contribution in [0.1, 0.15) is 78.6 Å². The molecule has 0 amide bonds. The van der Waals surface area contributed by atoms with Gasteiger partial charge in [0.25, 0.3) is 0 Å². The highest BCUT2D eigenvalue weighted by Gasteiger charge is 2.60. The summed E-state index contributed by atoms with van der Waals surface area (Å²) in [6.07, 6.45) is 13.1. The molecule has 0 bridgehead atoms. The summed E-state index contributed by atoms with van der Waals surface area (Å²) in [7, 11) is 0. The molecule has 0 radical (unpaired) electrons. The number of nitrogen functional groups attached to an aromatic ring is 1. The number of nitrogens with two attached hydrogens (primary N) is 2. The number of carbonyl (C=O) groups excluding carboxylic acids is 1. The zero-order chi connectivity index (χ0) is 23.5. The van der Waals surface area contributed by atoms with E-state index in [9.17, 15) is 4.79 Å². The number of hydrazine groups is 1. The molecule has 4 aliphatic carbocycles. The molecule has 1 heterocycles. The van der Waals surface area contributed by atoms with E-state index in [1.54, 1.807) is 6.07 Å². The van der Waals surface area contributed by atoms with E-state index in [-0.39, 0.29) is 23.7 Å². The maximum Gasteiger partial charge on any atom is 0.157 e. The normalized spacial score (nSPS) is 42.2. The molecule has 1 aromatic heterocycles. The lowest BCUT2D eigenvalue weighted by atomic mass is 9.44. The van der Waals surface area contributed by atoms with Crippen molar-refractivity contribution in [3.05, 3.63) is 17.3 Å². The van der Waals surface area contributed by atoms with Gasteiger partial charge in [0, 0.05) is 12.1 Å². The van der Waals surface area contributed by atoms with E-state index in [4.69, 9.17) is 23.2 Å². The van der Waals surface area contributed by atoms with Crippen molar-refractivity contribution in [2.75, 3.05) is 17.3 Å². The topological polar surface area (TPSA) is 85.2 Å². The number of carbonyl (C=O) groups is 1. The lowest BCUT2D eigenvalue weighted by molar-refractivity contribution is -0.135. The summed E-state index contributed by atoms with van der Waals surface area (Å²) in [5.41, 5.74) is 7.14. The molecular weight excluding hydrogens is 432 g/mol. The lowest BCUT2D eigenvalue weighted by Gasteiger charge is -2.61. The van der Waals surface area contributed by atoms with Crippen LogP contribution in [0.4, 0.5) is 11.5 Å². The van der Waals surface area contributed by atoms with Gasteiger partial charge in [-0.1, -0.05) is 38.8 Å². The summed E-state index contributed by atoms with van der Waals surface area (Å²) < 4.78 is 0. The third-order valence-corrected chi connectivity index (χ3v) is 11.0. The summed E-state index contributed by atoms with van der Waals surface area (Å²) >= 11 is 6.09. The fourth-order valence-electron chi connectivity index (χ4n) is 9.03. The van der Waals surface area contributed by atoms with Gasteiger partial charge in [0.05, 0.1) is 17.3 Å². The second kappa shape index (κ2) is 8.41. The smallest absolute Gasteiger partial charge is 0.157 e. The fraction of sp³-hybridized carbons (Fsp3) is 0.778. The van der Waals surface area contributed by atoms with Crippen LogP contribution in [0.25, 0.3) is 0 Å². The van der Waals surface area contributed by atoms with Crippen molar-refractivity contribution in [1.29, 1.82) is 0 Å². The molecule has 0 aromatic carbocycles.